The maximum absolute atomic E-state index is 12.5. The molecule has 4 rings (SSSR count). The van der Waals surface area contributed by atoms with E-state index in [1.807, 2.05) is 79.2 Å². The summed E-state index contributed by atoms with van der Waals surface area (Å²) in [6, 6.07) is 21.9. The minimum Gasteiger partial charge on any atom is -0.431 e. The molecule has 0 aliphatic rings. The molecule has 0 radical (unpaired) electrons. The van der Waals surface area contributed by atoms with Crippen molar-refractivity contribution in [2.24, 2.45) is 0 Å². The normalized spacial score (nSPS) is 10.8. The van der Waals surface area contributed by atoms with E-state index in [1.165, 1.54) is 11.8 Å². The molecule has 0 spiro atoms. The minimum absolute atomic E-state index is 0.0434. The zero-order chi connectivity index (χ0) is 20.1. The smallest absolute Gasteiger partial charge is 0.257 e. The molecule has 4 aromatic rings. The van der Waals surface area contributed by atoms with Crippen molar-refractivity contribution in [1.29, 1.82) is 0 Å². The van der Waals surface area contributed by atoms with Crippen LogP contribution in [0.2, 0.25) is 0 Å². The van der Waals surface area contributed by atoms with Gasteiger partial charge in [-0.1, -0.05) is 72.4 Å². The summed E-state index contributed by atoms with van der Waals surface area (Å²) >= 11 is 2.96. The van der Waals surface area contributed by atoms with E-state index >= 15 is 0 Å². The van der Waals surface area contributed by atoms with Gasteiger partial charge in [0.15, 0.2) is 5.76 Å². The summed E-state index contributed by atoms with van der Waals surface area (Å²) < 4.78 is 6.07. The molecule has 0 N–H and O–H groups in total. The van der Waals surface area contributed by atoms with Crippen molar-refractivity contribution in [2.45, 2.75) is 11.8 Å². The van der Waals surface area contributed by atoms with Gasteiger partial charge in [0, 0.05) is 24.7 Å². The molecule has 0 aliphatic heterocycles. The average molecular weight is 421 g/mol. The highest BCUT2D eigenvalue weighted by molar-refractivity contribution is 7.99. The van der Waals surface area contributed by atoms with E-state index in [1.54, 1.807) is 16.2 Å². The fourth-order valence-corrected chi connectivity index (χ4v) is 4.34. The van der Waals surface area contributed by atoms with Crippen LogP contribution in [0.4, 0.5) is 0 Å². The maximum Gasteiger partial charge on any atom is 0.257 e. The van der Waals surface area contributed by atoms with Crippen molar-refractivity contribution in [2.75, 3.05) is 12.8 Å². The summed E-state index contributed by atoms with van der Waals surface area (Å²) in [5, 5.41) is 4.58. The van der Waals surface area contributed by atoms with Gasteiger partial charge in [-0.25, -0.2) is 4.98 Å². The van der Waals surface area contributed by atoms with Crippen LogP contribution in [0.25, 0.3) is 22.6 Å². The number of nitrogens with zero attached hydrogens (tertiary/aromatic N) is 2. The van der Waals surface area contributed by atoms with Gasteiger partial charge in [0.2, 0.25) is 5.91 Å². The van der Waals surface area contributed by atoms with Crippen molar-refractivity contribution >= 4 is 29.0 Å². The first-order valence-corrected chi connectivity index (χ1v) is 11.1. The van der Waals surface area contributed by atoms with E-state index < -0.39 is 0 Å². The second kappa shape index (κ2) is 9.11. The van der Waals surface area contributed by atoms with Crippen LogP contribution in [-0.2, 0) is 11.3 Å². The topological polar surface area (TPSA) is 46.3 Å². The summed E-state index contributed by atoms with van der Waals surface area (Å²) in [5.41, 5.74) is 3.89. The van der Waals surface area contributed by atoms with E-state index in [9.17, 15) is 4.79 Å². The van der Waals surface area contributed by atoms with Crippen molar-refractivity contribution in [1.82, 2.24) is 9.88 Å². The Morgan fingerprint density at radius 1 is 1.03 bits per heavy atom. The molecule has 29 heavy (non-hydrogen) atoms. The first kappa shape index (κ1) is 19.5. The van der Waals surface area contributed by atoms with Crippen LogP contribution in [0.15, 0.2) is 87.1 Å². The lowest BCUT2D eigenvalue weighted by Crippen LogP contribution is -2.27. The second-order valence-corrected chi connectivity index (χ2v) is 8.27. The van der Waals surface area contributed by atoms with E-state index in [0.717, 1.165) is 28.1 Å². The number of thioether (sulfide) groups is 1. The van der Waals surface area contributed by atoms with Crippen LogP contribution >= 0.6 is 23.1 Å². The number of amides is 1. The molecule has 2 aromatic carbocycles. The van der Waals surface area contributed by atoms with E-state index in [2.05, 4.69) is 5.38 Å². The molecule has 0 bridgehead atoms. The number of carbonyl (C=O) groups excluding carboxylic acids is 1. The molecule has 0 unspecified atom stereocenters. The third-order valence-electron chi connectivity index (χ3n) is 4.44. The van der Waals surface area contributed by atoms with Gasteiger partial charge in [0.05, 0.1) is 5.75 Å². The SMILES string of the molecule is CN(Cc1ccsc1)C(=O)CSc1nc(-c2ccccc2)c(-c2ccccc2)o1. The number of hydrogen-bond donors (Lipinski definition) is 0. The molecule has 0 atom stereocenters. The summed E-state index contributed by atoms with van der Waals surface area (Å²) in [5.74, 6) is 1.05. The predicted molar refractivity (Wildman–Crippen MR) is 119 cm³/mol. The number of oxazole rings is 1. The van der Waals surface area contributed by atoms with Gasteiger partial charge in [0.25, 0.3) is 5.22 Å². The van der Waals surface area contributed by atoms with Crippen LogP contribution in [-0.4, -0.2) is 28.6 Å². The molecule has 4 nitrogen and oxygen atoms in total. The molecule has 0 fully saturated rings. The van der Waals surface area contributed by atoms with Gasteiger partial charge in [-0.05, 0) is 22.4 Å². The van der Waals surface area contributed by atoms with Crippen molar-refractivity contribution in [3.05, 3.63) is 83.1 Å². The predicted octanol–water partition coefficient (Wildman–Crippen LogP) is 5.82. The molecule has 2 aromatic heterocycles. The Labute approximate surface area is 178 Å². The standard InChI is InChI=1S/C23H20N2O2S2/c1-25(14-17-12-13-28-15-17)20(26)16-29-23-24-21(18-8-4-2-5-9-18)22(27-23)19-10-6-3-7-11-19/h2-13,15H,14,16H2,1H3. The lowest BCUT2D eigenvalue weighted by atomic mass is 10.1. The Morgan fingerprint density at radius 2 is 1.72 bits per heavy atom. The van der Waals surface area contributed by atoms with Gasteiger partial charge in [-0.15, -0.1) is 0 Å². The number of hydrogen-bond acceptors (Lipinski definition) is 5. The molecule has 6 heteroatoms. The van der Waals surface area contributed by atoms with E-state index in [4.69, 9.17) is 9.40 Å². The molecule has 0 saturated carbocycles. The number of carbonyl (C=O) groups is 1. The molecular weight excluding hydrogens is 400 g/mol. The molecule has 0 saturated heterocycles. The first-order chi connectivity index (χ1) is 14.2. The lowest BCUT2D eigenvalue weighted by molar-refractivity contribution is -0.127. The van der Waals surface area contributed by atoms with Gasteiger partial charge < -0.3 is 9.32 Å². The third kappa shape index (κ3) is 4.78. The zero-order valence-corrected chi connectivity index (χ0v) is 17.6. The highest BCUT2D eigenvalue weighted by atomic mass is 32.2. The first-order valence-electron chi connectivity index (χ1n) is 9.20. The Morgan fingerprint density at radius 3 is 2.38 bits per heavy atom. The van der Waals surface area contributed by atoms with Crippen LogP contribution in [0.5, 0.6) is 0 Å². The number of rotatable bonds is 7. The van der Waals surface area contributed by atoms with Gasteiger partial charge in [0.1, 0.15) is 5.69 Å². The van der Waals surface area contributed by atoms with E-state index in [-0.39, 0.29) is 11.7 Å². The van der Waals surface area contributed by atoms with Gasteiger partial charge >= 0.3 is 0 Å². The summed E-state index contributed by atoms with van der Waals surface area (Å²) in [6.45, 7) is 0.610. The zero-order valence-electron chi connectivity index (χ0n) is 15.9. The van der Waals surface area contributed by atoms with Crippen molar-refractivity contribution in [3.63, 3.8) is 0 Å². The number of benzene rings is 2. The minimum atomic E-state index is 0.0434. The largest absolute Gasteiger partial charge is 0.431 e. The highest BCUT2D eigenvalue weighted by Crippen LogP contribution is 2.35. The Bertz CT molecular complexity index is 1000. The van der Waals surface area contributed by atoms with Crippen molar-refractivity contribution < 1.29 is 9.21 Å². The lowest BCUT2D eigenvalue weighted by Gasteiger charge is -2.15. The molecule has 0 aliphatic carbocycles. The number of aromatic nitrogens is 1. The van der Waals surface area contributed by atoms with Crippen LogP contribution < -0.4 is 0 Å². The molecule has 1 amide bonds. The summed E-state index contributed by atoms with van der Waals surface area (Å²) in [6.07, 6.45) is 0. The summed E-state index contributed by atoms with van der Waals surface area (Å²) in [4.78, 5) is 18.9. The maximum atomic E-state index is 12.5. The fourth-order valence-electron chi connectivity index (χ4n) is 2.92. The van der Waals surface area contributed by atoms with Gasteiger partial charge in [-0.2, -0.15) is 11.3 Å². The highest BCUT2D eigenvalue weighted by Gasteiger charge is 2.19. The molecule has 146 valence electrons. The number of thiophene rings is 1. The fraction of sp³-hybridized carbons (Fsp3) is 0.130. The Kier molecular flexibility index (Phi) is 6.12. The Balaban J connectivity index is 1.52. The van der Waals surface area contributed by atoms with Crippen LogP contribution in [0.1, 0.15) is 5.56 Å². The average Bonchev–Trinajstić information content (AvgIpc) is 3.43. The molecule has 2 heterocycles. The Hall–Kier alpha value is -2.83. The summed E-state index contributed by atoms with van der Waals surface area (Å²) in [7, 11) is 1.82. The monoisotopic (exact) mass is 420 g/mol. The van der Waals surface area contributed by atoms with Crippen LogP contribution in [0.3, 0.4) is 0 Å². The molecular formula is C23H20N2O2S2. The van der Waals surface area contributed by atoms with Crippen LogP contribution in [0, 0.1) is 0 Å². The quantitative estimate of drug-likeness (QED) is 0.353. The van der Waals surface area contributed by atoms with Crippen molar-refractivity contribution in [3.8, 4) is 22.6 Å². The van der Waals surface area contributed by atoms with Gasteiger partial charge in [-0.3, -0.25) is 4.79 Å². The van der Waals surface area contributed by atoms with E-state index in [0.29, 0.717) is 11.8 Å². The third-order valence-corrected chi connectivity index (χ3v) is 5.98. The second-order valence-electron chi connectivity index (χ2n) is 6.56.